The second-order valence-electron chi connectivity index (χ2n) is 5.07. The van der Waals surface area contributed by atoms with E-state index >= 15 is 0 Å². The second kappa shape index (κ2) is 7.14. The molecule has 1 aromatic rings. The van der Waals surface area contributed by atoms with Gasteiger partial charge in [-0.3, -0.25) is 4.79 Å². The monoisotopic (exact) mass is 265 g/mol. The molecular weight excluding hydrogens is 242 g/mol. The van der Waals surface area contributed by atoms with Gasteiger partial charge in [0, 0.05) is 12.6 Å². The summed E-state index contributed by atoms with van der Waals surface area (Å²) in [5.74, 6) is 0.585. The van der Waals surface area contributed by atoms with Crippen molar-refractivity contribution in [1.82, 2.24) is 5.32 Å². The van der Waals surface area contributed by atoms with Crippen molar-refractivity contribution in [3.8, 4) is 5.75 Å². The van der Waals surface area contributed by atoms with E-state index in [-0.39, 0.29) is 31.1 Å². The molecule has 4 heteroatoms. The zero-order chi connectivity index (χ0) is 14.4. The van der Waals surface area contributed by atoms with Gasteiger partial charge in [-0.15, -0.1) is 0 Å². The third-order valence-corrected chi connectivity index (χ3v) is 3.22. The molecule has 2 N–H and O–H groups in total. The van der Waals surface area contributed by atoms with Gasteiger partial charge in [-0.2, -0.15) is 0 Å². The fourth-order valence-corrected chi connectivity index (χ4v) is 1.70. The largest absolute Gasteiger partial charge is 0.484 e. The van der Waals surface area contributed by atoms with Crippen molar-refractivity contribution in [1.29, 1.82) is 0 Å². The van der Waals surface area contributed by atoms with Crippen LogP contribution in [0, 0.1) is 19.8 Å². The van der Waals surface area contributed by atoms with Crippen LogP contribution >= 0.6 is 0 Å². The first kappa shape index (κ1) is 15.5. The Labute approximate surface area is 114 Å². The van der Waals surface area contributed by atoms with E-state index in [0.29, 0.717) is 0 Å². The number of amides is 1. The molecule has 0 aliphatic carbocycles. The Bertz CT molecular complexity index is 431. The smallest absolute Gasteiger partial charge is 0.258 e. The van der Waals surface area contributed by atoms with E-state index < -0.39 is 0 Å². The fraction of sp³-hybridized carbons (Fsp3) is 0.533. The summed E-state index contributed by atoms with van der Waals surface area (Å²) in [5.41, 5.74) is 2.18. The standard InChI is InChI=1S/C15H23NO3/c1-10-5-6-14(11(2)7-10)19-9-15(18)16-13(4)12(3)8-17/h5-7,12-13,17H,8-9H2,1-4H3,(H,16,18). The van der Waals surface area contributed by atoms with Crippen LogP contribution in [-0.2, 0) is 4.79 Å². The molecule has 19 heavy (non-hydrogen) atoms. The SMILES string of the molecule is Cc1ccc(OCC(=O)NC(C)C(C)CO)c(C)c1. The van der Waals surface area contributed by atoms with Gasteiger partial charge >= 0.3 is 0 Å². The first-order valence-electron chi connectivity index (χ1n) is 6.54. The average molecular weight is 265 g/mol. The van der Waals surface area contributed by atoms with Gasteiger partial charge in [0.1, 0.15) is 5.75 Å². The number of carbonyl (C=O) groups is 1. The molecule has 2 unspecified atom stereocenters. The van der Waals surface area contributed by atoms with E-state index in [0.717, 1.165) is 11.3 Å². The van der Waals surface area contributed by atoms with Crippen LogP contribution in [0.3, 0.4) is 0 Å². The van der Waals surface area contributed by atoms with E-state index in [1.165, 1.54) is 5.56 Å². The second-order valence-corrected chi connectivity index (χ2v) is 5.07. The summed E-state index contributed by atoms with van der Waals surface area (Å²) in [7, 11) is 0. The lowest BCUT2D eigenvalue weighted by molar-refractivity contribution is -0.124. The molecule has 1 amide bonds. The van der Waals surface area contributed by atoms with Gasteiger partial charge in [0.15, 0.2) is 6.61 Å². The maximum atomic E-state index is 11.7. The molecule has 1 aromatic carbocycles. The summed E-state index contributed by atoms with van der Waals surface area (Å²) >= 11 is 0. The number of aryl methyl sites for hydroxylation is 2. The number of carbonyl (C=O) groups excluding carboxylic acids is 1. The quantitative estimate of drug-likeness (QED) is 0.825. The number of nitrogens with one attached hydrogen (secondary N) is 1. The van der Waals surface area contributed by atoms with Gasteiger partial charge in [-0.25, -0.2) is 0 Å². The number of benzene rings is 1. The van der Waals surface area contributed by atoms with Crippen molar-refractivity contribution in [2.45, 2.75) is 33.7 Å². The predicted octanol–water partition coefficient (Wildman–Crippen LogP) is 1.82. The van der Waals surface area contributed by atoms with Crippen molar-refractivity contribution in [2.24, 2.45) is 5.92 Å². The van der Waals surface area contributed by atoms with Crippen LogP contribution < -0.4 is 10.1 Å². The van der Waals surface area contributed by atoms with Gasteiger partial charge in [0.2, 0.25) is 0 Å². The Morgan fingerprint density at radius 1 is 1.37 bits per heavy atom. The highest BCUT2D eigenvalue weighted by atomic mass is 16.5. The molecule has 4 nitrogen and oxygen atoms in total. The van der Waals surface area contributed by atoms with Crippen LogP contribution in [0.2, 0.25) is 0 Å². The Kier molecular flexibility index (Phi) is 5.83. The highest BCUT2D eigenvalue weighted by molar-refractivity contribution is 5.77. The van der Waals surface area contributed by atoms with E-state index in [4.69, 9.17) is 9.84 Å². The summed E-state index contributed by atoms with van der Waals surface area (Å²) in [4.78, 5) is 11.7. The molecule has 0 radical (unpaired) electrons. The lowest BCUT2D eigenvalue weighted by atomic mass is 10.1. The van der Waals surface area contributed by atoms with Gasteiger partial charge in [-0.05, 0) is 38.3 Å². The maximum absolute atomic E-state index is 11.7. The van der Waals surface area contributed by atoms with Crippen molar-refractivity contribution in [3.05, 3.63) is 29.3 Å². The first-order chi connectivity index (χ1) is 8.93. The summed E-state index contributed by atoms with van der Waals surface area (Å²) in [6.07, 6.45) is 0. The van der Waals surface area contributed by atoms with E-state index in [2.05, 4.69) is 5.32 Å². The normalized spacial score (nSPS) is 13.7. The number of rotatable bonds is 6. The molecule has 0 bridgehead atoms. The number of aliphatic hydroxyl groups is 1. The highest BCUT2D eigenvalue weighted by Gasteiger charge is 2.14. The van der Waals surface area contributed by atoms with Crippen molar-refractivity contribution in [3.63, 3.8) is 0 Å². The van der Waals surface area contributed by atoms with Crippen LogP contribution in [0.5, 0.6) is 5.75 Å². The van der Waals surface area contributed by atoms with Crippen molar-refractivity contribution in [2.75, 3.05) is 13.2 Å². The first-order valence-corrected chi connectivity index (χ1v) is 6.54. The van der Waals surface area contributed by atoms with E-state index in [1.807, 2.05) is 45.9 Å². The molecule has 0 spiro atoms. The summed E-state index contributed by atoms with van der Waals surface area (Å²) in [5, 5.41) is 11.8. The van der Waals surface area contributed by atoms with E-state index in [9.17, 15) is 4.79 Å². The number of ether oxygens (including phenoxy) is 1. The molecule has 0 aromatic heterocycles. The summed E-state index contributed by atoms with van der Waals surface area (Å²) < 4.78 is 5.49. The van der Waals surface area contributed by atoms with Crippen LogP contribution in [-0.4, -0.2) is 30.3 Å². The van der Waals surface area contributed by atoms with Crippen LogP contribution in [0.1, 0.15) is 25.0 Å². The Morgan fingerprint density at radius 3 is 2.63 bits per heavy atom. The van der Waals surface area contributed by atoms with Crippen LogP contribution in [0.4, 0.5) is 0 Å². The molecule has 106 valence electrons. The topological polar surface area (TPSA) is 58.6 Å². The van der Waals surface area contributed by atoms with Gasteiger partial charge in [0.05, 0.1) is 0 Å². The summed E-state index contributed by atoms with van der Waals surface area (Å²) in [6, 6.07) is 5.78. The number of hydrogen-bond acceptors (Lipinski definition) is 3. The lowest BCUT2D eigenvalue weighted by Gasteiger charge is -2.19. The van der Waals surface area contributed by atoms with Gasteiger partial charge < -0.3 is 15.2 Å². The molecule has 0 aliphatic heterocycles. The molecule has 0 fully saturated rings. The highest BCUT2D eigenvalue weighted by Crippen LogP contribution is 2.18. The molecule has 0 heterocycles. The zero-order valence-corrected chi connectivity index (χ0v) is 12.1. The van der Waals surface area contributed by atoms with E-state index in [1.54, 1.807) is 0 Å². The molecule has 1 rings (SSSR count). The predicted molar refractivity (Wildman–Crippen MR) is 75.3 cm³/mol. The molecule has 2 atom stereocenters. The summed E-state index contributed by atoms with van der Waals surface area (Å²) in [6.45, 7) is 7.77. The Hall–Kier alpha value is -1.55. The third-order valence-electron chi connectivity index (χ3n) is 3.22. The average Bonchev–Trinajstić information content (AvgIpc) is 2.36. The minimum atomic E-state index is -0.173. The molecule has 0 aliphatic rings. The molecule has 0 saturated carbocycles. The lowest BCUT2D eigenvalue weighted by Crippen LogP contribution is -2.40. The van der Waals surface area contributed by atoms with Crippen LogP contribution in [0.15, 0.2) is 18.2 Å². The fourth-order valence-electron chi connectivity index (χ4n) is 1.70. The number of aliphatic hydroxyl groups excluding tert-OH is 1. The minimum absolute atomic E-state index is 0.00755. The minimum Gasteiger partial charge on any atom is -0.484 e. The van der Waals surface area contributed by atoms with Gasteiger partial charge in [0.25, 0.3) is 5.91 Å². The zero-order valence-electron chi connectivity index (χ0n) is 12.1. The van der Waals surface area contributed by atoms with Crippen LogP contribution in [0.25, 0.3) is 0 Å². The maximum Gasteiger partial charge on any atom is 0.258 e. The molecular formula is C15H23NO3. The third kappa shape index (κ3) is 4.91. The number of hydrogen-bond donors (Lipinski definition) is 2. The van der Waals surface area contributed by atoms with Gasteiger partial charge in [-0.1, -0.05) is 24.6 Å². The Morgan fingerprint density at radius 2 is 2.05 bits per heavy atom. The van der Waals surface area contributed by atoms with Crippen molar-refractivity contribution >= 4 is 5.91 Å². The van der Waals surface area contributed by atoms with Crippen molar-refractivity contribution < 1.29 is 14.6 Å². The molecule has 0 saturated heterocycles. The Balaban J connectivity index is 2.46.